The second-order valence-electron chi connectivity index (χ2n) is 6.42. The van der Waals surface area contributed by atoms with Gasteiger partial charge in [0.05, 0.1) is 25.9 Å². The molecule has 9 heteroatoms. The van der Waals surface area contributed by atoms with Crippen molar-refractivity contribution in [1.82, 2.24) is 25.3 Å². The molecule has 3 rings (SSSR count). The minimum Gasteiger partial charge on any atom is -0.370 e. The zero-order valence-corrected chi connectivity index (χ0v) is 18.5. The summed E-state index contributed by atoms with van der Waals surface area (Å²) in [4.78, 5) is 18.5. The summed E-state index contributed by atoms with van der Waals surface area (Å²) in [5.41, 5.74) is 2.11. The third-order valence-corrected chi connectivity index (χ3v) is 4.41. The minimum absolute atomic E-state index is 0. The molecule has 0 aliphatic carbocycles. The van der Waals surface area contributed by atoms with E-state index in [-0.39, 0.29) is 42.5 Å². The van der Waals surface area contributed by atoms with Gasteiger partial charge >= 0.3 is 0 Å². The van der Waals surface area contributed by atoms with E-state index in [0.29, 0.717) is 25.7 Å². The third-order valence-electron chi connectivity index (χ3n) is 4.41. The van der Waals surface area contributed by atoms with Crippen molar-refractivity contribution in [1.29, 1.82) is 0 Å². The molecule has 1 amide bonds. The van der Waals surface area contributed by atoms with Gasteiger partial charge in [0, 0.05) is 38.9 Å². The first-order chi connectivity index (χ1) is 13.2. The van der Waals surface area contributed by atoms with E-state index >= 15 is 0 Å². The maximum absolute atomic E-state index is 12.1. The molecular formula is C19H27IN6O2. The van der Waals surface area contributed by atoms with Crippen molar-refractivity contribution in [2.75, 3.05) is 33.3 Å². The molecular weight excluding hydrogens is 471 g/mol. The summed E-state index contributed by atoms with van der Waals surface area (Å²) < 4.78 is 7.62. The van der Waals surface area contributed by atoms with Gasteiger partial charge in [0.2, 0.25) is 5.91 Å². The number of carbonyl (C=O) groups excluding carboxylic acids is 1. The lowest BCUT2D eigenvalue weighted by Gasteiger charge is -2.34. The van der Waals surface area contributed by atoms with E-state index in [4.69, 9.17) is 4.74 Å². The fourth-order valence-corrected chi connectivity index (χ4v) is 3.00. The number of aromatic nitrogens is 2. The van der Waals surface area contributed by atoms with Crippen LogP contribution in [0, 0.1) is 0 Å². The Bertz CT molecular complexity index is 780. The topological polar surface area (TPSA) is 83.8 Å². The van der Waals surface area contributed by atoms with Crippen molar-refractivity contribution >= 4 is 35.8 Å². The standard InChI is InChI=1S/C19H26N6O2.HI/c1-20-19(22-12-18(26)21-10-15-6-4-3-5-7-15)25-8-9-27-17(14-25)16-11-23-24(2)13-16;/h3-7,11,13,17H,8-10,12,14H2,1-2H3,(H,20,22)(H,21,26);1H. The van der Waals surface area contributed by atoms with E-state index in [9.17, 15) is 4.79 Å². The van der Waals surface area contributed by atoms with Crippen LogP contribution in [0.4, 0.5) is 0 Å². The lowest BCUT2D eigenvalue weighted by Crippen LogP contribution is -2.50. The van der Waals surface area contributed by atoms with E-state index in [0.717, 1.165) is 17.7 Å². The molecule has 1 unspecified atom stereocenters. The number of amides is 1. The van der Waals surface area contributed by atoms with E-state index in [1.165, 1.54) is 0 Å². The van der Waals surface area contributed by atoms with Crippen LogP contribution in [-0.2, 0) is 23.1 Å². The van der Waals surface area contributed by atoms with Crippen LogP contribution in [0.3, 0.4) is 0 Å². The summed E-state index contributed by atoms with van der Waals surface area (Å²) in [5, 5.41) is 10.3. The Labute approximate surface area is 182 Å². The van der Waals surface area contributed by atoms with E-state index in [2.05, 4.69) is 25.6 Å². The van der Waals surface area contributed by atoms with Gasteiger partial charge in [0.1, 0.15) is 6.10 Å². The third kappa shape index (κ3) is 6.20. The van der Waals surface area contributed by atoms with Gasteiger partial charge in [-0.05, 0) is 5.56 Å². The number of benzene rings is 1. The van der Waals surface area contributed by atoms with Crippen molar-refractivity contribution in [3.8, 4) is 0 Å². The Morgan fingerprint density at radius 2 is 2.11 bits per heavy atom. The lowest BCUT2D eigenvalue weighted by molar-refractivity contribution is -0.120. The van der Waals surface area contributed by atoms with Crippen LogP contribution < -0.4 is 10.6 Å². The Morgan fingerprint density at radius 3 is 2.79 bits per heavy atom. The molecule has 0 radical (unpaired) electrons. The molecule has 2 aromatic rings. The quantitative estimate of drug-likeness (QED) is 0.369. The van der Waals surface area contributed by atoms with Crippen LogP contribution in [0.25, 0.3) is 0 Å². The number of guanidine groups is 1. The summed E-state index contributed by atoms with van der Waals surface area (Å²) in [7, 11) is 3.61. The summed E-state index contributed by atoms with van der Waals surface area (Å²) in [6, 6.07) is 9.84. The molecule has 1 saturated heterocycles. The van der Waals surface area contributed by atoms with Crippen LogP contribution in [0.5, 0.6) is 0 Å². The Balaban J connectivity index is 0.00000280. The maximum atomic E-state index is 12.1. The number of hydrogen-bond acceptors (Lipinski definition) is 4. The first-order valence-electron chi connectivity index (χ1n) is 9.02. The van der Waals surface area contributed by atoms with Gasteiger partial charge in [0.25, 0.3) is 0 Å². The summed E-state index contributed by atoms with van der Waals surface area (Å²) in [5.74, 6) is 0.624. The highest BCUT2D eigenvalue weighted by atomic mass is 127. The van der Waals surface area contributed by atoms with Crippen LogP contribution in [-0.4, -0.2) is 59.8 Å². The summed E-state index contributed by atoms with van der Waals surface area (Å²) in [6.07, 6.45) is 3.72. The van der Waals surface area contributed by atoms with Gasteiger partial charge < -0.3 is 20.3 Å². The molecule has 0 spiro atoms. The number of halogens is 1. The maximum Gasteiger partial charge on any atom is 0.239 e. The van der Waals surface area contributed by atoms with E-state index in [1.807, 2.05) is 49.8 Å². The molecule has 1 aliphatic rings. The van der Waals surface area contributed by atoms with Gasteiger partial charge in [-0.2, -0.15) is 5.10 Å². The van der Waals surface area contributed by atoms with Crippen molar-refractivity contribution in [2.45, 2.75) is 12.6 Å². The molecule has 28 heavy (non-hydrogen) atoms. The van der Waals surface area contributed by atoms with Gasteiger partial charge in [-0.3, -0.25) is 14.5 Å². The van der Waals surface area contributed by atoms with E-state index < -0.39 is 0 Å². The molecule has 8 nitrogen and oxygen atoms in total. The number of morpholine rings is 1. The van der Waals surface area contributed by atoms with Gasteiger partial charge in [-0.25, -0.2) is 0 Å². The smallest absolute Gasteiger partial charge is 0.239 e. The molecule has 0 bridgehead atoms. The second kappa shape index (κ2) is 11.0. The van der Waals surface area contributed by atoms with Crippen molar-refractivity contribution in [3.63, 3.8) is 0 Å². The zero-order chi connectivity index (χ0) is 19.1. The summed E-state index contributed by atoms with van der Waals surface area (Å²) in [6.45, 7) is 2.68. The van der Waals surface area contributed by atoms with Crippen LogP contribution in [0.15, 0.2) is 47.7 Å². The number of aryl methyl sites for hydroxylation is 1. The Morgan fingerprint density at radius 1 is 1.32 bits per heavy atom. The molecule has 1 aromatic carbocycles. The molecule has 152 valence electrons. The fourth-order valence-electron chi connectivity index (χ4n) is 3.00. The SMILES string of the molecule is CN=C(NCC(=O)NCc1ccccc1)N1CCOC(c2cnn(C)c2)C1.I. The Kier molecular flexibility index (Phi) is 8.71. The molecule has 1 fully saturated rings. The summed E-state index contributed by atoms with van der Waals surface area (Å²) >= 11 is 0. The largest absolute Gasteiger partial charge is 0.370 e. The van der Waals surface area contributed by atoms with Crippen molar-refractivity contribution in [2.24, 2.45) is 12.0 Å². The van der Waals surface area contributed by atoms with Crippen LogP contribution in [0.2, 0.25) is 0 Å². The average Bonchev–Trinajstić information content (AvgIpc) is 3.14. The number of carbonyl (C=O) groups is 1. The fraction of sp³-hybridized carbons (Fsp3) is 0.421. The monoisotopic (exact) mass is 498 g/mol. The molecule has 0 saturated carbocycles. The molecule has 2 N–H and O–H groups in total. The predicted octanol–water partition coefficient (Wildman–Crippen LogP) is 1.30. The number of nitrogens with zero attached hydrogens (tertiary/aromatic N) is 4. The first kappa shape index (κ1) is 22.2. The molecule has 1 aliphatic heterocycles. The normalized spacial score (nSPS) is 17.0. The first-order valence-corrected chi connectivity index (χ1v) is 9.02. The van der Waals surface area contributed by atoms with Crippen LogP contribution >= 0.6 is 24.0 Å². The lowest BCUT2D eigenvalue weighted by atomic mass is 10.1. The number of aliphatic imine (C=N–C) groups is 1. The Hall–Kier alpha value is -2.14. The van der Waals surface area contributed by atoms with Crippen molar-refractivity contribution in [3.05, 3.63) is 53.9 Å². The minimum atomic E-state index is -0.0722. The van der Waals surface area contributed by atoms with Gasteiger partial charge in [-0.1, -0.05) is 30.3 Å². The average molecular weight is 498 g/mol. The highest BCUT2D eigenvalue weighted by Crippen LogP contribution is 2.21. The number of rotatable bonds is 5. The molecule has 2 heterocycles. The molecule has 1 aromatic heterocycles. The number of ether oxygens (including phenoxy) is 1. The van der Waals surface area contributed by atoms with Gasteiger partial charge in [-0.15, -0.1) is 24.0 Å². The van der Waals surface area contributed by atoms with Crippen molar-refractivity contribution < 1.29 is 9.53 Å². The number of nitrogens with one attached hydrogen (secondary N) is 2. The van der Waals surface area contributed by atoms with Gasteiger partial charge in [0.15, 0.2) is 5.96 Å². The highest BCUT2D eigenvalue weighted by molar-refractivity contribution is 14.0. The zero-order valence-electron chi connectivity index (χ0n) is 16.2. The predicted molar refractivity (Wildman–Crippen MR) is 119 cm³/mol. The molecule has 1 atom stereocenters. The second-order valence-corrected chi connectivity index (χ2v) is 6.42. The van der Waals surface area contributed by atoms with E-state index in [1.54, 1.807) is 11.7 Å². The van der Waals surface area contributed by atoms with Crippen LogP contribution in [0.1, 0.15) is 17.2 Å². The number of hydrogen-bond donors (Lipinski definition) is 2. The highest BCUT2D eigenvalue weighted by Gasteiger charge is 2.25.